The van der Waals surface area contributed by atoms with Crippen molar-refractivity contribution >= 4 is 22.5 Å². The van der Waals surface area contributed by atoms with Crippen LogP contribution in [0.25, 0.3) is 10.9 Å². The highest BCUT2D eigenvalue weighted by Gasteiger charge is 2.19. The Morgan fingerprint density at radius 2 is 2.09 bits per heavy atom. The van der Waals surface area contributed by atoms with Gasteiger partial charge >= 0.3 is 0 Å². The van der Waals surface area contributed by atoms with E-state index >= 15 is 0 Å². The molecule has 0 aliphatic rings. The highest BCUT2D eigenvalue weighted by molar-refractivity contribution is 6.06. The number of benzene rings is 1. The number of para-hydroxylation sites is 1. The van der Waals surface area contributed by atoms with Crippen LogP contribution in [0.1, 0.15) is 36.5 Å². The van der Waals surface area contributed by atoms with Crippen molar-refractivity contribution in [1.29, 1.82) is 0 Å². The minimum absolute atomic E-state index is 0.0158. The largest absolute Gasteiger partial charge is 0.397 e. The molecule has 0 unspecified atom stereocenters. The molecule has 2 aromatic rings. The van der Waals surface area contributed by atoms with Crippen molar-refractivity contribution in [1.82, 2.24) is 9.88 Å². The van der Waals surface area contributed by atoms with Crippen LogP contribution in [0.2, 0.25) is 0 Å². The number of fused-ring (bicyclic) bond motifs is 1. The maximum atomic E-state index is 12.7. The highest BCUT2D eigenvalue weighted by Crippen LogP contribution is 2.22. The van der Waals surface area contributed by atoms with E-state index in [4.69, 9.17) is 5.73 Å². The summed E-state index contributed by atoms with van der Waals surface area (Å²) in [5.74, 6) is -0.410. The molecular weight excluding hydrogens is 290 g/mol. The summed E-state index contributed by atoms with van der Waals surface area (Å²) in [6, 6.07) is 7.31. The molecule has 0 saturated carbocycles. The van der Waals surface area contributed by atoms with Crippen LogP contribution in [0.4, 0.5) is 5.69 Å². The SMILES string of the molecule is C=CCn1c(=O)c(C(=O)NCCCCC)c(N)c2ccccc21. The summed E-state index contributed by atoms with van der Waals surface area (Å²) in [7, 11) is 0. The van der Waals surface area contributed by atoms with Crippen LogP contribution in [0.5, 0.6) is 0 Å². The molecule has 1 aromatic carbocycles. The zero-order valence-electron chi connectivity index (χ0n) is 13.5. The first-order valence-corrected chi connectivity index (χ1v) is 7.91. The number of rotatable bonds is 7. The molecular formula is C18H23N3O2. The summed E-state index contributed by atoms with van der Waals surface area (Å²) in [4.78, 5) is 25.1. The summed E-state index contributed by atoms with van der Waals surface area (Å²) in [5.41, 5.74) is 6.69. The zero-order valence-corrected chi connectivity index (χ0v) is 13.5. The third-order valence-electron chi connectivity index (χ3n) is 3.82. The van der Waals surface area contributed by atoms with Gasteiger partial charge in [-0.2, -0.15) is 0 Å². The molecule has 122 valence electrons. The number of aromatic nitrogens is 1. The second kappa shape index (κ2) is 7.63. The van der Waals surface area contributed by atoms with Gasteiger partial charge < -0.3 is 15.6 Å². The van der Waals surface area contributed by atoms with Gasteiger partial charge in [-0.15, -0.1) is 6.58 Å². The lowest BCUT2D eigenvalue weighted by Gasteiger charge is -2.14. The Morgan fingerprint density at radius 1 is 1.35 bits per heavy atom. The molecule has 3 N–H and O–H groups in total. The smallest absolute Gasteiger partial charge is 0.266 e. The second-order valence-corrected chi connectivity index (χ2v) is 5.47. The number of hydrogen-bond donors (Lipinski definition) is 2. The van der Waals surface area contributed by atoms with Gasteiger partial charge in [0, 0.05) is 18.5 Å². The Labute approximate surface area is 135 Å². The molecule has 0 fully saturated rings. The van der Waals surface area contributed by atoms with Gasteiger partial charge in [-0.3, -0.25) is 9.59 Å². The van der Waals surface area contributed by atoms with Gasteiger partial charge in [0.25, 0.3) is 11.5 Å². The maximum Gasteiger partial charge on any atom is 0.266 e. The van der Waals surface area contributed by atoms with Crippen LogP contribution in [0.3, 0.4) is 0 Å². The average molecular weight is 313 g/mol. The standard InChI is InChI=1S/C18H23N3O2/c1-3-5-8-11-20-17(22)15-16(19)13-9-6-7-10-14(13)21(12-4-2)18(15)23/h4,6-7,9-10H,2-3,5,8,11-12,19H2,1H3,(H,20,22). The molecule has 2 rings (SSSR count). The fourth-order valence-electron chi connectivity index (χ4n) is 2.63. The molecule has 0 bridgehead atoms. The highest BCUT2D eigenvalue weighted by atomic mass is 16.2. The molecule has 1 aromatic heterocycles. The number of hydrogen-bond acceptors (Lipinski definition) is 3. The van der Waals surface area contributed by atoms with E-state index in [-0.39, 0.29) is 16.8 Å². The van der Waals surface area contributed by atoms with Gasteiger partial charge in [-0.25, -0.2) is 0 Å². The third-order valence-corrected chi connectivity index (χ3v) is 3.82. The number of anilines is 1. The van der Waals surface area contributed by atoms with Gasteiger partial charge in [0.1, 0.15) is 5.56 Å². The van der Waals surface area contributed by atoms with E-state index in [1.165, 1.54) is 4.57 Å². The molecule has 5 nitrogen and oxygen atoms in total. The Kier molecular flexibility index (Phi) is 5.57. The van der Waals surface area contributed by atoms with E-state index in [0.717, 1.165) is 19.3 Å². The normalized spacial score (nSPS) is 10.7. The molecule has 0 radical (unpaired) electrons. The molecule has 0 aliphatic heterocycles. The summed E-state index contributed by atoms with van der Waals surface area (Å²) in [6.07, 6.45) is 4.62. The van der Waals surface area contributed by atoms with E-state index < -0.39 is 5.91 Å². The lowest BCUT2D eigenvalue weighted by molar-refractivity contribution is 0.0952. The van der Waals surface area contributed by atoms with Crippen LogP contribution >= 0.6 is 0 Å². The number of amides is 1. The Morgan fingerprint density at radius 3 is 2.78 bits per heavy atom. The number of nitrogens with one attached hydrogen (secondary N) is 1. The lowest BCUT2D eigenvalue weighted by Crippen LogP contribution is -2.35. The molecule has 0 spiro atoms. The number of carbonyl (C=O) groups is 1. The minimum Gasteiger partial charge on any atom is -0.397 e. The molecule has 1 amide bonds. The lowest BCUT2D eigenvalue weighted by atomic mass is 10.1. The Hall–Kier alpha value is -2.56. The van der Waals surface area contributed by atoms with E-state index in [1.807, 2.05) is 24.3 Å². The van der Waals surface area contributed by atoms with Gasteiger partial charge in [-0.1, -0.05) is 44.0 Å². The molecule has 0 aliphatic carbocycles. The van der Waals surface area contributed by atoms with Crippen LogP contribution in [0.15, 0.2) is 41.7 Å². The van der Waals surface area contributed by atoms with Crippen LogP contribution < -0.4 is 16.6 Å². The first-order valence-electron chi connectivity index (χ1n) is 7.91. The monoisotopic (exact) mass is 313 g/mol. The Bertz CT molecular complexity index is 778. The van der Waals surface area contributed by atoms with Crippen molar-refractivity contribution in [2.45, 2.75) is 32.7 Å². The summed E-state index contributed by atoms with van der Waals surface area (Å²) in [6.45, 7) is 6.64. The zero-order chi connectivity index (χ0) is 16.8. The fraction of sp³-hybridized carbons (Fsp3) is 0.333. The number of allylic oxidation sites excluding steroid dienone is 1. The van der Waals surface area contributed by atoms with E-state index in [1.54, 1.807) is 6.08 Å². The van der Waals surface area contributed by atoms with E-state index in [2.05, 4.69) is 18.8 Å². The predicted molar refractivity (Wildman–Crippen MR) is 94.7 cm³/mol. The Balaban J connectivity index is 2.49. The quantitative estimate of drug-likeness (QED) is 0.609. The van der Waals surface area contributed by atoms with E-state index in [9.17, 15) is 9.59 Å². The molecule has 1 heterocycles. The number of nitrogen functional groups attached to an aromatic ring is 1. The number of pyridine rings is 1. The number of nitrogens with zero attached hydrogens (tertiary/aromatic N) is 1. The van der Waals surface area contributed by atoms with E-state index in [0.29, 0.717) is 24.0 Å². The van der Waals surface area contributed by atoms with Gasteiger partial charge in [0.15, 0.2) is 0 Å². The molecule has 0 saturated heterocycles. The summed E-state index contributed by atoms with van der Waals surface area (Å²) < 4.78 is 1.53. The van der Waals surface area contributed by atoms with Crippen LogP contribution in [-0.4, -0.2) is 17.0 Å². The first-order chi connectivity index (χ1) is 11.1. The van der Waals surface area contributed by atoms with Crippen LogP contribution in [-0.2, 0) is 6.54 Å². The van der Waals surface area contributed by atoms with Crippen LogP contribution in [0, 0.1) is 0 Å². The average Bonchev–Trinajstić information content (AvgIpc) is 2.55. The van der Waals surface area contributed by atoms with Crippen molar-refractivity contribution in [3.05, 3.63) is 52.8 Å². The number of unbranched alkanes of at least 4 members (excludes halogenated alkanes) is 2. The minimum atomic E-state index is -0.410. The molecule has 5 heteroatoms. The predicted octanol–water partition coefficient (Wildman–Crippen LogP) is 2.69. The van der Waals surface area contributed by atoms with Gasteiger partial charge in [-0.05, 0) is 12.5 Å². The van der Waals surface area contributed by atoms with Crippen molar-refractivity contribution in [2.24, 2.45) is 0 Å². The summed E-state index contributed by atoms with van der Waals surface area (Å²) >= 11 is 0. The van der Waals surface area contributed by atoms with Crippen molar-refractivity contribution in [2.75, 3.05) is 12.3 Å². The first kappa shape index (κ1) is 16.8. The van der Waals surface area contributed by atoms with Crippen molar-refractivity contribution in [3.63, 3.8) is 0 Å². The number of carbonyl (C=O) groups excluding carboxylic acids is 1. The molecule has 23 heavy (non-hydrogen) atoms. The fourth-order valence-corrected chi connectivity index (χ4v) is 2.63. The van der Waals surface area contributed by atoms with Crippen molar-refractivity contribution < 1.29 is 4.79 Å². The number of nitrogens with two attached hydrogens (primary N) is 1. The maximum absolute atomic E-state index is 12.7. The topological polar surface area (TPSA) is 77.1 Å². The van der Waals surface area contributed by atoms with Gasteiger partial charge in [0.2, 0.25) is 0 Å². The molecule has 0 atom stereocenters. The van der Waals surface area contributed by atoms with Gasteiger partial charge in [0.05, 0.1) is 11.2 Å². The van der Waals surface area contributed by atoms with Crippen molar-refractivity contribution in [3.8, 4) is 0 Å². The second-order valence-electron chi connectivity index (χ2n) is 5.47. The third kappa shape index (κ3) is 3.44. The summed E-state index contributed by atoms with van der Waals surface area (Å²) in [5, 5.41) is 3.49.